The third-order valence-electron chi connectivity index (χ3n) is 4.85. The monoisotopic (exact) mass is 382 g/mol. The number of aromatic nitrogens is 5. The summed E-state index contributed by atoms with van der Waals surface area (Å²) in [5, 5.41) is 9.10. The van der Waals surface area contributed by atoms with Crippen LogP contribution >= 0.6 is 12.4 Å². The maximum atomic E-state index is 11.8. The molecule has 0 radical (unpaired) electrons. The standard InChI is InChI=1S/C19H18N6O.ClH/c1-12-8-18(26)22-16-9-13(2-3-15(12)16)24-6-5-21-19(24)17-10-14-11-20-4-7-25(14)23-17;/h2-3,5-6,8-10,20H,4,7,11H2,1H3,(H,22,26);1H. The van der Waals surface area contributed by atoms with Crippen molar-refractivity contribution < 1.29 is 0 Å². The molecular weight excluding hydrogens is 364 g/mol. The van der Waals surface area contributed by atoms with Crippen LogP contribution in [0, 0.1) is 6.92 Å². The van der Waals surface area contributed by atoms with Gasteiger partial charge in [0.15, 0.2) is 5.82 Å². The highest BCUT2D eigenvalue weighted by atomic mass is 35.5. The van der Waals surface area contributed by atoms with Gasteiger partial charge in [-0.25, -0.2) is 4.98 Å². The van der Waals surface area contributed by atoms with Crippen molar-refractivity contribution in [3.8, 4) is 17.2 Å². The van der Waals surface area contributed by atoms with Crippen LogP contribution < -0.4 is 10.9 Å². The quantitative estimate of drug-likeness (QED) is 0.558. The number of benzene rings is 1. The Hall–Kier alpha value is -2.90. The van der Waals surface area contributed by atoms with Crippen LogP contribution in [0.4, 0.5) is 0 Å². The first-order chi connectivity index (χ1) is 12.7. The lowest BCUT2D eigenvalue weighted by molar-refractivity contribution is 0.476. The van der Waals surface area contributed by atoms with Crippen molar-refractivity contribution in [1.82, 2.24) is 29.6 Å². The molecule has 0 unspecified atom stereocenters. The zero-order chi connectivity index (χ0) is 17.7. The number of nitrogens with one attached hydrogen (secondary N) is 2. The second-order valence-electron chi connectivity index (χ2n) is 6.59. The Bertz CT molecular complexity index is 1170. The average molecular weight is 383 g/mol. The van der Waals surface area contributed by atoms with E-state index in [9.17, 15) is 4.79 Å². The minimum atomic E-state index is -0.0905. The molecule has 0 aliphatic carbocycles. The van der Waals surface area contributed by atoms with Crippen LogP contribution in [0.25, 0.3) is 28.1 Å². The summed E-state index contributed by atoms with van der Waals surface area (Å²) in [6.45, 7) is 4.57. The van der Waals surface area contributed by atoms with Gasteiger partial charge in [0.05, 0.1) is 17.8 Å². The van der Waals surface area contributed by atoms with E-state index in [1.165, 1.54) is 5.69 Å². The number of aromatic amines is 1. The van der Waals surface area contributed by atoms with E-state index < -0.39 is 0 Å². The highest BCUT2D eigenvalue weighted by Gasteiger charge is 2.17. The topological polar surface area (TPSA) is 80.5 Å². The van der Waals surface area contributed by atoms with Crippen molar-refractivity contribution >= 4 is 23.3 Å². The van der Waals surface area contributed by atoms with Gasteiger partial charge in [-0.05, 0) is 30.7 Å². The SMILES string of the molecule is Cc1cc(=O)[nH]c2cc(-n3ccnc3-c3cc4n(n3)CCNC4)ccc12.Cl. The van der Waals surface area contributed by atoms with E-state index in [4.69, 9.17) is 5.10 Å². The molecule has 4 aromatic rings. The third kappa shape index (κ3) is 2.94. The lowest BCUT2D eigenvalue weighted by Crippen LogP contribution is -2.28. The number of hydrogen-bond acceptors (Lipinski definition) is 4. The molecule has 0 saturated heterocycles. The lowest BCUT2D eigenvalue weighted by atomic mass is 10.1. The van der Waals surface area contributed by atoms with Crippen LogP contribution in [0.5, 0.6) is 0 Å². The molecule has 0 bridgehead atoms. The summed E-state index contributed by atoms with van der Waals surface area (Å²) >= 11 is 0. The first-order valence-corrected chi connectivity index (χ1v) is 8.64. The maximum absolute atomic E-state index is 11.8. The maximum Gasteiger partial charge on any atom is 0.248 e. The minimum Gasteiger partial charge on any atom is -0.322 e. The van der Waals surface area contributed by atoms with Crippen molar-refractivity contribution in [2.24, 2.45) is 0 Å². The summed E-state index contributed by atoms with van der Waals surface area (Å²) in [5.74, 6) is 0.793. The molecule has 0 atom stereocenters. The molecule has 138 valence electrons. The molecule has 1 aliphatic rings. The molecule has 7 nitrogen and oxygen atoms in total. The van der Waals surface area contributed by atoms with E-state index in [2.05, 4.69) is 21.4 Å². The van der Waals surface area contributed by atoms with Gasteiger partial charge < -0.3 is 10.3 Å². The molecule has 8 heteroatoms. The van der Waals surface area contributed by atoms with Crippen molar-refractivity contribution in [2.75, 3.05) is 6.54 Å². The van der Waals surface area contributed by atoms with Crippen LogP contribution in [0.15, 0.2) is 47.5 Å². The Kier molecular flexibility index (Phi) is 4.33. The number of hydrogen-bond donors (Lipinski definition) is 2. The smallest absolute Gasteiger partial charge is 0.248 e. The normalized spacial score (nSPS) is 13.4. The molecule has 1 aromatic carbocycles. The minimum absolute atomic E-state index is 0. The Balaban J connectivity index is 0.00000180. The number of fused-ring (bicyclic) bond motifs is 2. The molecule has 0 spiro atoms. The highest BCUT2D eigenvalue weighted by molar-refractivity contribution is 5.85. The Labute approximate surface area is 161 Å². The summed E-state index contributed by atoms with van der Waals surface area (Å²) in [5.41, 5.74) is 4.66. The summed E-state index contributed by atoms with van der Waals surface area (Å²) in [7, 11) is 0. The zero-order valence-electron chi connectivity index (χ0n) is 14.8. The van der Waals surface area contributed by atoms with Crippen molar-refractivity contribution in [1.29, 1.82) is 0 Å². The van der Waals surface area contributed by atoms with Crippen LogP contribution in [0.2, 0.25) is 0 Å². The lowest BCUT2D eigenvalue weighted by Gasteiger charge is -2.13. The predicted octanol–water partition coefficient (Wildman–Crippen LogP) is 2.41. The predicted molar refractivity (Wildman–Crippen MR) is 107 cm³/mol. The fourth-order valence-electron chi connectivity index (χ4n) is 3.58. The van der Waals surface area contributed by atoms with Crippen LogP contribution in [-0.4, -0.2) is 30.9 Å². The number of halogens is 1. The van der Waals surface area contributed by atoms with Gasteiger partial charge in [-0.3, -0.25) is 14.0 Å². The van der Waals surface area contributed by atoms with Crippen LogP contribution in [0.3, 0.4) is 0 Å². The zero-order valence-corrected chi connectivity index (χ0v) is 15.6. The molecule has 3 aromatic heterocycles. The molecule has 27 heavy (non-hydrogen) atoms. The molecule has 1 aliphatic heterocycles. The Morgan fingerprint density at radius 2 is 2.07 bits per heavy atom. The third-order valence-corrected chi connectivity index (χ3v) is 4.85. The molecular formula is C19H19ClN6O. The molecule has 4 heterocycles. The Morgan fingerprint density at radius 3 is 2.93 bits per heavy atom. The van der Waals surface area contributed by atoms with Crippen LogP contribution in [-0.2, 0) is 13.1 Å². The molecule has 0 saturated carbocycles. The Morgan fingerprint density at radius 1 is 1.19 bits per heavy atom. The van der Waals surface area contributed by atoms with Gasteiger partial charge >= 0.3 is 0 Å². The number of imidazole rings is 1. The van der Waals surface area contributed by atoms with E-state index in [0.29, 0.717) is 0 Å². The summed E-state index contributed by atoms with van der Waals surface area (Å²) < 4.78 is 4.04. The van der Waals surface area contributed by atoms with Crippen molar-refractivity contribution in [3.63, 3.8) is 0 Å². The number of aryl methyl sites for hydroxylation is 1. The van der Waals surface area contributed by atoms with E-state index in [-0.39, 0.29) is 18.0 Å². The van der Waals surface area contributed by atoms with E-state index in [1.54, 1.807) is 12.3 Å². The van der Waals surface area contributed by atoms with Gasteiger partial charge in [-0.2, -0.15) is 5.10 Å². The van der Waals surface area contributed by atoms with Crippen LogP contribution in [0.1, 0.15) is 11.3 Å². The largest absolute Gasteiger partial charge is 0.322 e. The van der Waals surface area contributed by atoms with Crippen molar-refractivity contribution in [3.05, 3.63) is 64.3 Å². The summed E-state index contributed by atoms with van der Waals surface area (Å²) in [6, 6.07) is 9.75. The van der Waals surface area contributed by atoms with Crippen molar-refractivity contribution in [2.45, 2.75) is 20.0 Å². The van der Waals surface area contributed by atoms with Gasteiger partial charge in [-0.15, -0.1) is 12.4 Å². The van der Waals surface area contributed by atoms with Gasteiger partial charge in [0, 0.05) is 42.6 Å². The molecule has 5 rings (SSSR count). The fourth-order valence-corrected chi connectivity index (χ4v) is 3.58. The summed E-state index contributed by atoms with van der Waals surface area (Å²) in [4.78, 5) is 19.2. The average Bonchev–Trinajstić information content (AvgIpc) is 3.27. The summed E-state index contributed by atoms with van der Waals surface area (Å²) in [6.07, 6.45) is 3.69. The van der Waals surface area contributed by atoms with E-state index >= 15 is 0 Å². The molecule has 2 N–H and O–H groups in total. The van der Waals surface area contributed by atoms with E-state index in [0.717, 1.165) is 53.3 Å². The molecule has 0 amide bonds. The number of pyridine rings is 1. The van der Waals surface area contributed by atoms with Gasteiger partial charge in [-0.1, -0.05) is 6.07 Å². The first kappa shape index (κ1) is 17.5. The number of nitrogens with zero attached hydrogens (tertiary/aromatic N) is 4. The first-order valence-electron chi connectivity index (χ1n) is 8.64. The molecule has 0 fully saturated rings. The van der Waals surface area contributed by atoms with Gasteiger partial charge in [0.1, 0.15) is 5.69 Å². The number of rotatable bonds is 2. The second-order valence-corrected chi connectivity index (χ2v) is 6.59. The number of H-pyrrole nitrogens is 1. The second kappa shape index (κ2) is 6.68. The van der Waals surface area contributed by atoms with E-state index in [1.807, 2.05) is 40.6 Å². The van der Waals surface area contributed by atoms with Gasteiger partial charge in [0.2, 0.25) is 5.56 Å². The van der Waals surface area contributed by atoms with Gasteiger partial charge in [0.25, 0.3) is 0 Å². The fraction of sp³-hybridized carbons (Fsp3) is 0.211. The highest BCUT2D eigenvalue weighted by Crippen LogP contribution is 2.24.